The quantitative estimate of drug-likeness (QED) is 0.649. The van der Waals surface area contributed by atoms with Crippen molar-refractivity contribution in [1.29, 1.82) is 0 Å². The minimum absolute atomic E-state index is 0.116. The van der Waals surface area contributed by atoms with Crippen LogP contribution in [0.2, 0.25) is 0 Å². The summed E-state index contributed by atoms with van der Waals surface area (Å²) in [6.45, 7) is 3.63. The van der Waals surface area contributed by atoms with Crippen LogP contribution in [0.15, 0.2) is 42.5 Å². The molecule has 0 saturated heterocycles. The molecule has 0 bridgehead atoms. The summed E-state index contributed by atoms with van der Waals surface area (Å²) >= 11 is 0. The van der Waals surface area contributed by atoms with E-state index in [1.54, 1.807) is 37.4 Å². The molecule has 126 valence electrons. The van der Waals surface area contributed by atoms with E-state index in [-0.39, 0.29) is 11.6 Å². The largest absolute Gasteiger partial charge is 0.497 e. The second-order valence-corrected chi connectivity index (χ2v) is 5.81. The smallest absolute Gasteiger partial charge is 0.418 e. The maximum atomic E-state index is 13.4. The first kappa shape index (κ1) is 16.4. The molecule has 0 atom stereocenters. The minimum Gasteiger partial charge on any atom is -0.497 e. The van der Waals surface area contributed by atoms with Crippen molar-refractivity contribution in [2.24, 2.45) is 0 Å². The Morgan fingerprint density at radius 1 is 1.04 bits per heavy atom. The summed E-state index contributed by atoms with van der Waals surface area (Å²) in [7, 11) is 1.56. The van der Waals surface area contributed by atoms with Gasteiger partial charge in [0.15, 0.2) is 0 Å². The highest BCUT2D eigenvalue weighted by Crippen LogP contribution is 2.39. The summed E-state index contributed by atoms with van der Waals surface area (Å²) < 4.78 is 46.8. The van der Waals surface area contributed by atoms with Gasteiger partial charge in [0.25, 0.3) is 0 Å². The van der Waals surface area contributed by atoms with Crippen LogP contribution in [-0.2, 0) is 6.18 Å². The lowest BCUT2D eigenvalue weighted by molar-refractivity contribution is -0.136. The van der Waals surface area contributed by atoms with Crippen molar-refractivity contribution < 1.29 is 17.9 Å². The van der Waals surface area contributed by atoms with Crippen LogP contribution in [-0.4, -0.2) is 16.9 Å². The summed E-state index contributed by atoms with van der Waals surface area (Å²) in [5.74, 6) is 0.683. The van der Waals surface area contributed by atoms with E-state index < -0.39 is 11.7 Å². The third kappa shape index (κ3) is 2.72. The van der Waals surface area contributed by atoms with E-state index in [2.05, 4.69) is 5.10 Å². The lowest BCUT2D eigenvalue weighted by Gasteiger charge is -2.12. The number of benzene rings is 2. The first-order valence-electron chi connectivity index (χ1n) is 7.55. The highest BCUT2D eigenvalue weighted by molar-refractivity contribution is 5.95. The zero-order valence-electron chi connectivity index (χ0n) is 13.6. The third-order valence-corrected chi connectivity index (χ3v) is 3.89. The second-order valence-electron chi connectivity index (χ2n) is 5.81. The molecule has 3 nitrogen and oxygen atoms in total. The van der Waals surface area contributed by atoms with E-state index >= 15 is 0 Å². The molecule has 0 spiro atoms. The molecule has 0 saturated carbocycles. The van der Waals surface area contributed by atoms with Gasteiger partial charge in [0.05, 0.1) is 18.2 Å². The summed E-state index contributed by atoms with van der Waals surface area (Å²) in [6, 6.07) is 11.1. The number of nitrogens with zero attached hydrogens (tertiary/aromatic N) is 2. The predicted octanol–water partition coefficient (Wildman–Crippen LogP) is 5.31. The molecule has 0 fully saturated rings. The minimum atomic E-state index is -4.43. The maximum Gasteiger partial charge on any atom is 0.418 e. The standard InChI is InChI=1S/C18H17F3N2O/c1-11(2)23-17-14(5-4-6-15(17)18(19,20)21)16(22-23)12-7-9-13(24-3)10-8-12/h4-11H,1-3H3. The van der Waals surface area contributed by atoms with Crippen LogP contribution < -0.4 is 4.74 Å². The summed E-state index contributed by atoms with van der Waals surface area (Å²) in [5, 5.41) is 4.95. The van der Waals surface area contributed by atoms with Gasteiger partial charge in [-0.05, 0) is 44.2 Å². The molecule has 0 aliphatic carbocycles. The third-order valence-electron chi connectivity index (χ3n) is 3.89. The molecule has 24 heavy (non-hydrogen) atoms. The van der Waals surface area contributed by atoms with Crippen LogP contribution in [0.4, 0.5) is 13.2 Å². The summed E-state index contributed by atoms with van der Waals surface area (Å²) in [5.41, 5.74) is 0.735. The molecule has 3 aromatic rings. The molecule has 0 N–H and O–H groups in total. The molecule has 1 heterocycles. The van der Waals surface area contributed by atoms with Gasteiger partial charge in [-0.15, -0.1) is 0 Å². The Kier molecular flexibility index (Phi) is 3.99. The van der Waals surface area contributed by atoms with Crippen molar-refractivity contribution >= 4 is 10.9 Å². The van der Waals surface area contributed by atoms with Crippen molar-refractivity contribution in [3.8, 4) is 17.0 Å². The monoisotopic (exact) mass is 334 g/mol. The lowest BCUT2D eigenvalue weighted by atomic mass is 10.0. The summed E-state index contributed by atoms with van der Waals surface area (Å²) in [4.78, 5) is 0. The van der Waals surface area contributed by atoms with Crippen molar-refractivity contribution in [3.05, 3.63) is 48.0 Å². The molecule has 0 aliphatic rings. The molecule has 0 unspecified atom stereocenters. The number of alkyl halides is 3. The van der Waals surface area contributed by atoms with Gasteiger partial charge >= 0.3 is 6.18 Å². The number of para-hydroxylation sites is 1. The van der Waals surface area contributed by atoms with Gasteiger partial charge in [-0.3, -0.25) is 4.68 Å². The van der Waals surface area contributed by atoms with E-state index in [1.807, 2.05) is 13.8 Å². The second kappa shape index (κ2) is 5.85. The first-order chi connectivity index (χ1) is 11.3. The average molecular weight is 334 g/mol. The van der Waals surface area contributed by atoms with Gasteiger partial charge < -0.3 is 4.74 Å². The van der Waals surface area contributed by atoms with Crippen LogP contribution in [0, 0.1) is 0 Å². The Labute approximate surface area is 137 Å². The summed E-state index contributed by atoms with van der Waals surface area (Å²) in [6.07, 6.45) is -4.43. The lowest BCUT2D eigenvalue weighted by Crippen LogP contribution is -2.10. The number of rotatable bonds is 3. The van der Waals surface area contributed by atoms with Gasteiger partial charge in [-0.2, -0.15) is 18.3 Å². The Bertz CT molecular complexity index is 864. The molecule has 0 aliphatic heterocycles. The van der Waals surface area contributed by atoms with Crippen LogP contribution in [0.5, 0.6) is 5.75 Å². The number of methoxy groups -OCH3 is 1. The first-order valence-corrected chi connectivity index (χ1v) is 7.55. The van der Waals surface area contributed by atoms with E-state index in [0.717, 1.165) is 11.6 Å². The SMILES string of the molecule is COc1ccc(-c2nn(C(C)C)c3c(C(F)(F)F)cccc23)cc1. The maximum absolute atomic E-state index is 13.4. The number of fused-ring (bicyclic) bond motifs is 1. The van der Waals surface area contributed by atoms with Gasteiger partial charge in [0.1, 0.15) is 11.4 Å². The Morgan fingerprint density at radius 2 is 1.71 bits per heavy atom. The van der Waals surface area contributed by atoms with Gasteiger partial charge in [0.2, 0.25) is 0 Å². The van der Waals surface area contributed by atoms with Gasteiger partial charge in [-0.25, -0.2) is 0 Å². The van der Waals surface area contributed by atoms with Crippen molar-refractivity contribution in [2.45, 2.75) is 26.1 Å². The van der Waals surface area contributed by atoms with Gasteiger partial charge in [-0.1, -0.05) is 12.1 Å². The Balaban J connectivity index is 2.30. The molecule has 2 aromatic carbocycles. The van der Waals surface area contributed by atoms with Crippen molar-refractivity contribution in [2.75, 3.05) is 7.11 Å². The van der Waals surface area contributed by atoms with Crippen LogP contribution in [0.1, 0.15) is 25.5 Å². The normalized spacial score (nSPS) is 12.1. The Hall–Kier alpha value is -2.50. The van der Waals surface area contributed by atoms with Crippen LogP contribution in [0.3, 0.4) is 0 Å². The number of ether oxygens (including phenoxy) is 1. The average Bonchev–Trinajstić information content (AvgIpc) is 2.94. The Morgan fingerprint density at radius 3 is 2.25 bits per heavy atom. The molecule has 0 amide bonds. The molecule has 0 radical (unpaired) electrons. The highest BCUT2D eigenvalue weighted by Gasteiger charge is 2.35. The van der Waals surface area contributed by atoms with E-state index in [4.69, 9.17) is 4.74 Å². The van der Waals surface area contributed by atoms with E-state index in [9.17, 15) is 13.2 Å². The van der Waals surface area contributed by atoms with Crippen LogP contribution in [0.25, 0.3) is 22.2 Å². The zero-order valence-corrected chi connectivity index (χ0v) is 13.6. The fourth-order valence-electron chi connectivity index (χ4n) is 2.76. The van der Waals surface area contributed by atoms with Crippen molar-refractivity contribution in [1.82, 2.24) is 9.78 Å². The van der Waals surface area contributed by atoms with E-state index in [0.29, 0.717) is 16.8 Å². The number of hydrogen-bond acceptors (Lipinski definition) is 2. The highest BCUT2D eigenvalue weighted by atomic mass is 19.4. The number of hydrogen-bond donors (Lipinski definition) is 0. The van der Waals surface area contributed by atoms with Gasteiger partial charge in [0, 0.05) is 17.0 Å². The van der Waals surface area contributed by atoms with E-state index in [1.165, 1.54) is 10.7 Å². The zero-order chi connectivity index (χ0) is 17.5. The fraction of sp³-hybridized carbons (Fsp3) is 0.278. The molecule has 1 aromatic heterocycles. The fourth-order valence-corrected chi connectivity index (χ4v) is 2.76. The number of halogens is 3. The molecule has 6 heteroatoms. The molecular weight excluding hydrogens is 317 g/mol. The molecule has 3 rings (SSSR count). The van der Waals surface area contributed by atoms with Crippen LogP contribution >= 0.6 is 0 Å². The molecular formula is C18H17F3N2O. The topological polar surface area (TPSA) is 27.1 Å². The number of aromatic nitrogens is 2. The predicted molar refractivity (Wildman–Crippen MR) is 87.1 cm³/mol. The van der Waals surface area contributed by atoms with Crippen molar-refractivity contribution in [3.63, 3.8) is 0 Å².